The van der Waals surface area contributed by atoms with Gasteiger partial charge >= 0.3 is 0 Å². The molecular weight excluding hydrogens is 288 g/mol. The fourth-order valence-corrected chi connectivity index (χ4v) is 3.29. The van der Waals surface area contributed by atoms with E-state index in [-0.39, 0.29) is 11.2 Å². The second-order valence-electron chi connectivity index (χ2n) is 6.35. The number of hydrogen-bond acceptors (Lipinski definition) is 3. The van der Waals surface area contributed by atoms with E-state index in [1.807, 2.05) is 25.1 Å². The zero-order valence-electron chi connectivity index (χ0n) is 13.7. The molecule has 1 N–H and O–H groups in total. The smallest absolute Gasteiger partial charge is 0.223 e. The van der Waals surface area contributed by atoms with Gasteiger partial charge in [-0.2, -0.15) is 0 Å². The molecule has 3 rings (SSSR count). The maximum Gasteiger partial charge on any atom is 0.223 e. The molecule has 0 aliphatic carbocycles. The molecule has 1 aromatic heterocycles. The van der Waals surface area contributed by atoms with Crippen LogP contribution in [-0.4, -0.2) is 27.7 Å². The molecule has 2 heterocycles. The first kappa shape index (κ1) is 15.8. The van der Waals surface area contributed by atoms with E-state index in [1.165, 1.54) is 30.9 Å². The first-order chi connectivity index (χ1) is 11.1. The lowest BCUT2D eigenvalue weighted by atomic mass is 10.1. The van der Waals surface area contributed by atoms with Gasteiger partial charge in [0, 0.05) is 24.8 Å². The van der Waals surface area contributed by atoms with Gasteiger partial charge in [-0.25, -0.2) is 0 Å². The van der Waals surface area contributed by atoms with Crippen LogP contribution in [0.4, 0.5) is 0 Å². The van der Waals surface area contributed by atoms with Crippen LogP contribution < -0.4 is 5.43 Å². The van der Waals surface area contributed by atoms with E-state index in [0.717, 1.165) is 24.5 Å². The molecule has 0 atom stereocenters. The van der Waals surface area contributed by atoms with Gasteiger partial charge in [-0.1, -0.05) is 36.8 Å². The van der Waals surface area contributed by atoms with Crippen molar-refractivity contribution in [1.82, 2.24) is 9.47 Å². The summed E-state index contributed by atoms with van der Waals surface area (Å²) in [5, 5.41) is 10.4. The van der Waals surface area contributed by atoms with Crippen LogP contribution >= 0.6 is 0 Å². The van der Waals surface area contributed by atoms with Crippen LogP contribution in [-0.2, 0) is 13.1 Å². The van der Waals surface area contributed by atoms with E-state index in [0.29, 0.717) is 13.1 Å². The third-order valence-corrected chi connectivity index (χ3v) is 4.60. The predicted molar refractivity (Wildman–Crippen MR) is 91.8 cm³/mol. The Hall–Kier alpha value is -2.07. The predicted octanol–water partition coefficient (Wildman–Crippen LogP) is 2.90. The average Bonchev–Trinajstić information content (AvgIpc) is 2.58. The number of piperidine rings is 1. The van der Waals surface area contributed by atoms with Crippen molar-refractivity contribution in [2.24, 2.45) is 0 Å². The Morgan fingerprint density at radius 1 is 1.04 bits per heavy atom. The summed E-state index contributed by atoms with van der Waals surface area (Å²) in [6, 6.07) is 11.7. The van der Waals surface area contributed by atoms with Crippen molar-refractivity contribution >= 4 is 0 Å². The zero-order valence-corrected chi connectivity index (χ0v) is 13.7. The molecule has 4 heteroatoms. The van der Waals surface area contributed by atoms with Crippen LogP contribution in [0.3, 0.4) is 0 Å². The fourth-order valence-electron chi connectivity index (χ4n) is 3.29. The minimum atomic E-state index is -0.279. The van der Waals surface area contributed by atoms with Gasteiger partial charge in [-0.3, -0.25) is 9.69 Å². The highest BCUT2D eigenvalue weighted by Gasteiger charge is 2.18. The monoisotopic (exact) mass is 312 g/mol. The van der Waals surface area contributed by atoms with Crippen LogP contribution in [0.25, 0.3) is 0 Å². The average molecular weight is 312 g/mol. The third kappa shape index (κ3) is 3.64. The van der Waals surface area contributed by atoms with E-state index in [9.17, 15) is 9.90 Å². The van der Waals surface area contributed by atoms with Crippen LogP contribution in [0, 0.1) is 6.92 Å². The number of likely N-dealkylation sites (tertiary alicyclic amines) is 1. The number of nitrogens with zero attached hydrogens (tertiary/aromatic N) is 2. The molecule has 2 aromatic rings. The summed E-state index contributed by atoms with van der Waals surface area (Å²) in [6.45, 7) is 5.31. The molecule has 1 saturated heterocycles. The van der Waals surface area contributed by atoms with E-state index in [2.05, 4.69) is 21.6 Å². The molecule has 0 spiro atoms. The Morgan fingerprint density at radius 2 is 1.74 bits per heavy atom. The topological polar surface area (TPSA) is 45.5 Å². The summed E-state index contributed by atoms with van der Waals surface area (Å²) in [5.41, 5.74) is 2.52. The zero-order chi connectivity index (χ0) is 16.2. The largest absolute Gasteiger partial charge is 0.503 e. The van der Waals surface area contributed by atoms with Crippen LogP contribution in [0.5, 0.6) is 5.75 Å². The quantitative estimate of drug-likeness (QED) is 0.944. The first-order valence-corrected chi connectivity index (χ1v) is 8.33. The minimum Gasteiger partial charge on any atom is -0.503 e. The second-order valence-corrected chi connectivity index (χ2v) is 6.35. The molecule has 0 bridgehead atoms. The van der Waals surface area contributed by atoms with Crippen LogP contribution in [0.2, 0.25) is 0 Å². The third-order valence-electron chi connectivity index (χ3n) is 4.60. The van der Waals surface area contributed by atoms with Crippen LogP contribution in [0.1, 0.15) is 36.2 Å². The van der Waals surface area contributed by atoms with Crippen molar-refractivity contribution in [3.05, 3.63) is 63.6 Å². The van der Waals surface area contributed by atoms with E-state index >= 15 is 0 Å². The molecule has 1 aliphatic heterocycles. The maximum absolute atomic E-state index is 12.0. The second kappa shape index (κ2) is 7.01. The van der Waals surface area contributed by atoms with Gasteiger partial charge in [0.1, 0.15) is 0 Å². The molecule has 0 amide bonds. The number of pyridine rings is 1. The Labute approximate surface area is 137 Å². The molecule has 0 radical (unpaired) electrons. The maximum atomic E-state index is 12.0. The lowest BCUT2D eigenvalue weighted by molar-refractivity contribution is 0.212. The summed E-state index contributed by atoms with van der Waals surface area (Å²) in [5.74, 6) is -0.0999. The Bertz CT molecular complexity index is 716. The lowest BCUT2D eigenvalue weighted by Crippen LogP contribution is -2.31. The van der Waals surface area contributed by atoms with Crippen LogP contribution in [0.15, 0.2) is 41.2 Å². The van der Waals surface area contributed by atoms with E-state index < -0.39 is 0 Å². The highest BCUT2D eigenvalue weighted by molar-refractivity contribution is 5.31. The van der Waals surface area contributed by atoms with Gasteiger partial charge in [0.2, 0.25) is 5.43 Å². The Kier molecular flexibility index (Phi) is 4.82. The minimum absolute atomic E-state index is 0.0999. The van der Waals surface area contributed by atoms with Gasteiger partial charge in [0.05, 0.1) is 5.69 Å². The van der Waals surface area contributed by atoms with Crippen molar-refractivity contribution in [2.45, 2.75) is 39.3 Å². The van der Waals surface area contributed by atoms with Gasteiger partial charge in [-0.15, -0.1) is 0 Å². The van der Waals surface area contributed by atoms with E-state index in [1.54, 1.807) is 0 Å². The van der Waals surface area contributed by atoms with Gasteiger partial charge in [0.25, 0.3) is 0 Å². The molecule has 23 heavy (non-hydrogen) atoms. The first-order valence-electron chi connectivity index (χ1n) is 8.33. The number of rotatable bonds is 4. The SMILES string of the molecule is Cc1cc(=O)c(O)c(CN2CCCCC2)n1Cc1ccccc1. The summed E-state index contributed by atoms with van der Waals surface area (Å²) >= 11 is 0. The molecule has 4 nitrogen and oxygen atoms in total. The number of aryl methyl sites for hydroxylation is 1. The molecule has 0 saturated carbocycles. The highest BCUT2D eigenvalue weighted by Crippen LogP contribution is 2.20. The number of aromatic hydroxyl groups is 1. The molecule has 1 aromatic carbocycles. The van der Waals surface area contributed by atoms with E-state index in [4.69, 9.17) is 0 Å². The number of benzene rings is 1. The Balaban J connectivity index is 1.96. The van der Waals surface area contributed by atoms with Gasteiger partial charge < -0.3 is 9.67 Å². The lowest BCUT2D eigenvalue weighted by Gasteiger charge is -2.28. The summed E-state index contributed by atoms with van der Waals surface area (Å²) < 4.78 is 2.07. The summed E-state index contributed by atoms with van der Waals surface area (Å²) in [4.78, 5) is 14.4. The standard InChI is InChI=1S/C19H24N2O2/c1-15-12-18(22)19(23)17(14-20-10-6-3-7-11-20)21(15)13-16-8-4-2-5-9-16/h2,4-5,8-9,12,23H,3,6-7,10-11,13-14H2,1H3. The molecule has 0 unspecified atom stereocenters. The molecule has 1 fully saturated rings. The Morgan fingerprint density at radius 3 is 2.43 bits per heavy atom. The summed E-state index contributed by atoms with van der Waals surface area (Å²) in [7, 11) is 0. The molecule has 1 aliphatic rings. The highest BCUT2D eigenvalue weighted by atomic mass is 16.3. The fraction of sp³-hybridized carbons (Fsp3) is 0.421. The normalized spacial score (nSPS) is 15.7. The molecular formula is C19H24N2O2. The molecule has 122 valence electrons. The van der Waals surface area contributed by atoms with Crippen molar-refractivity contribution < 1.29 is 5.11 Å². The van der Waals surface area contributed by atoms with Gasteiger partial charge in [-0.05, 0) is 38.4 Å². The van der Waals surface area contributed by atoms with Crippen molar-refractivity contribution in [3.8, 4) is 5.75 Å². The van der Waals surface area contributed by atoms with Crippen molar-refractivity contribution in [1.29, 1.82) is 0 Å². The number of hydrogen-bond donors (Lipinski definition) is 1. The van der Waals surface area contributed by atoms with Gasteiger partial charge in [0.15, 0.2) is 5.75 Å². The van der Waals surface area contributed by atoms with Crippen molar-refractivity contribution in [3.63, 3.8) is 0 Å². The number of aromatic nitrogens is 1. The van der Waals surface area contributed by atoms with Crippen molar-refractivity contribution in [2.75, 3.05) is 13.1 Å². The summed E-state index contributed by atoms with van der Waals surface area (Å²) in [6.07, 6.45) is 3.65.